The minimum Gasteiger partial charge on any atom is -0.314 e. The molecule has 0 radical (unpaired) electrons. The Bertz CT molecular complexity index is 573. The van der Waals surface area contributed by atoms with Crippen LogP contribution >= 0.6 is 0 Å². The van der Waals surface area contributed by atoms with Gasteiger partial charge in [-0.2, -0.15) is 5.10 Å². The van der Waals surface area contributed by atoms with Crippen LogP contribution in [0.25, 0.3) is 0 Å². The smallest absolute Gasteiger partial charge is 0.314 e. The number of H-pyrrole nitrogens is 1. The summed E-state index contributed by atoms with van der Waals surface area (Å²) in [6, 6.07) is 11.0. The second kappa shape index (κ2) is 7.05. The molecule has 20 heavy (non-hydrogen) atoms. The molecule has 0 bridgehead atoms. The lowest BCUT2D eigenvalue weighted by Crippen LogP contribution is -2.29. The summed E-state index contributed by atoms with van der Waals surface area (Å²) in [7, 11) is 1.74. The van der Waals surface area contributed by atoms with Crippen LogP contribution in [0, 0.1) is 0 Å². The Morgan fingerprint density at radius 2 is 2.05 bits per heavy atom. The third-order valence-electron chi connectivity index (χ3n) is 3.52. The molecule has 0 saturated heterocycles. The predicted octanol–water partition coefficient (Wildman–Crippen LogP) is 1.26. The molecule has 1 aromatic carbocycles. The van der Waals surface area contributed by atoms with Gasteiger partial charge < -0.3 is 5.32 Å². The maximum Gasteiger partial charge on any atom is 0.343 e. The molecule has 0 aliphatic carbocycles. The van der Waals surface area contributed by atoms with Gasteiger partial charge >= 0.3 is 5.69 Å². The molecule has 0 amide bonds. The molecule has 0 saturated carbocycles. The van der Waals surface area contributed by atoms with Crippen LogP contribution in [0.15, 0.2) is 35.1 Å². The number of aromatic nitrogens is 3. The number of nitrogens with zero attached hydrogens (tertiary/aromatic N) is 2. The molecule has 2 aromatic rings. The molecule has 1 heterocycles. The van der Waals surface area contributed by atoms with Crippen molar-refractivity contribution in [3.8, 4) is 0 Å². The Kier molecular flexibility index (Phi) is 5.12. The Labute approximate surface area is 119 Å². The lowest BCUT2D eigenvalue weighted by molar-refractivity contribution is 0.511. The third-order valence-corrected chi connectivity index (χ3v) is 3.52. The highest BCUT2D eigenvalue weighted by Crippen LogP contribution is 2.04. The molecule has 5 heteroatoms. The van der Waals surface area contributed by atoms with Gasteiger partial charge in [0.15, 0.2) is 0 Å². The fourth-order valence-corrected chi connectivity index (χ4v) is 2.16. The van der Waals surface area contributed by atoms with Gasteiger partial charge in [-0.1, -0.05) is 30.3 Å². The number of nitrogens with one attached hydrogen (secondary N) is 2. The van der Waals surface area contributed by atoms with E-state index in [1.807, 2.05) is 6.07 Å². The molecule has 2 N–H and O–H groups in total. The Balaban J connectivity index is 1.69. The molecule has 0 aliphatic rings. The molecule has 5 nitrogen and oxygen atoms in total. The average molecular weight is 274 g/mol. The summed E-state index contributed by atoms with van der Waals surface area (Å²) in [5.74, 6) is 0.790. The molecule has 1 unspecified atom stereocenters. The first-order valence-electron chi connectivity index (χ1n) is 7.04. The van der Waals surface area contributed by atoms with E-state index in [0.29, 0.717) is 6.04 Å². The van der Waals surface area contributed by atoms with Gasteiger partial charge in [0.05, 0.1) is 0 Å². The lowest BCUT2D eigenvalue weighted by Gasteiger charge is -2.13. The van der Waals surface area contributed by atoms with E-state index < -0.39 is 0 Å². The van der Waals surface area contributed by atoms with Crippen molar-refractivity contribution in [1.29, 1.82) is 0 Å². The lowest BCUT2D eigenvalue weighted by atomic mass is 10.1. The number of hydrogen-bond acceptors (Lipinski definition) is 3. The van der Waals surface area contributed by atoms with Crippen LogP contribution in [-0.4, -0.2) is 27.4 Å². The fraction of sp³-hybridized carbons (Fsp3) is 0.467. The van der Waals surface area contributed by atoms with Crippen LogP contribution in [0.4, 0.5) is 0 Å². The van der Waals surface area contributed by atoms with E-state index in [2.05, 4.69) is 46.7 Å². The highest BCUT2D eigenvalue weighted by atomic mass is 16.1. The van der Waals surface area contributed by atoms with Gasteiger partial charge in [-0.25, -0.2) is 9.89 Å². The van der Waals surface area contributed by atoms with Crippen molar-refractivity contribution < 1.29 is 0 Å². The van der Waals surface area contributed by atoms with E-state index in [1.54, 1.807) is 11.6 Å². The van der Waals surface area contributed by atoms with Crippen molar-refractivity contribution in [2.75, 3.05) is 6.54 Å². The third kappa shape index (κ3) is 4.06. The van der Waals surface area contributed by atoms with Gasteiger partial charge in [0, 0.05) is 26.1 Å². The first kappa shape index (κ1) is 14.5. The zero-order valence-corrected chi connectivity index (χ0v) is 12.1. The summed E-state index contributed by atoms with van der Waals surface area (Å²) in [5.41, 5.74) is 1.22. The zero-order valence-electron chi connectivity index (χ0n) is 12.1. The van der Waals surface area contributed by atoms with Crippen molar-refractivity contribution in [2.24, 2.45) is 7.05 Å². The second-order valence-corrected chi connectivity index (χ2v) is 5.13. The van der Waals surface area contributed by atoms with Crippen molar-refractivity contribution in [1.82, 2.24) is 20.1 Å². The highest BCUT2D eigenvalue weighted by Gasteiger charge is 2.05. The first-order valence-corrected chi connectivity index (χ1v) is 7.04. The van der Waals surface area contributed by atoms with Crippen molar-refractivity contribution in [3.05, 3.63) is 52.2 Å². The minimum absolute atomic E-state index is 0.155. The number of aryl methyl sites for hydroxylation is 1. The van der Waals surface area contributed by atoms with Crippen molar-refractivity contribution in [3.63, 3.8) is 0 Å². The van der Waals surface area contributed by atoms with E-state index in [9.17, 15) is 4.79 Å². The van der Waals surface area contributed by atoms with E-state index in [-0.39, 0.29) is 5.69 Å². The largest absolute Gasteiger partial charge is 0.343 e. The molecule has 1 aromatic heterocycles. The molecule has 1 atom stereocenters. The predicted molar refractivity (Wildman–Crippen MR) is 79.8 cm³/mol. The van der Waals surface area contributed by atoms with Gasteiger partial charge in [0.1, 0.15) is 5.82 Å². The standard InChI is InChI=1S/C15H22N4O/c1-12(8-9-13-6-4-3-5-7-13)16-11-10-14-17-18-15(20)19(14)2/h3-7,12,16H,8-11H2,1-2H3,(H,18,20). The normalized spacial score (nSPS) is 12.5. The monoisotopic (exact) mass is 274 g/mol. The molecule has 0 spiro atoms. The van der Waals surface area contributed by atoms with Crippen LogP contribution in [-0.2, 0) is 19.9 Å². The van der Waals surface area contributed by atoms with Crippen LogP contribution < -0.4 is 11.0 Å². The number of benzene rings is 1. The van der Waals surface area contributed by atoms with E-state index in [0.717, 1.165) is 31.6 Å². The maximum atomic E-state index is 11.2. The zero-order chi connectivity index (χ0) is 14.4. The number of aromatic amines is 1. The molecule has 108 valence electrons. The van der Waals surface area contributed by atoms with Crippen molar-refractivity contribution in [2.45, 2.75) is 32.2 Å². The van der Waals surface area contributed by atoms with Gasteiger partial charge in [-0.05, 0) is 25.3 Å². The maximum absolute atomic E-state index is 11.2. The Morgan fingerprint density at radius 3 is 2.70 bits per heavy atom. The summed E-state index contributed by atoms with van der Waals surface area (Å²) < 4.78 is 1.55. The molecule has 0 fully saturated rings. The number of rotatable bonds is 7. The summed E-state index contributed by atoms with van der Waals surface area (Å²) in [6.07, 6.45) is 2.93. The number of hydrogen-bond donors (Lipinski definition) is 2. The summed E-state index contributed by atoms with van der Waals surface area (Å²) in [5, 5.41) is 9.91. The second-order valence-electron chi connectivity index (χ2n) is 5.13. The molecular weight excluding hydrogens is 252 g/mol. The van der Waals surface area contributed by atoms with E-state index in [1.165, 1.54) is 5.56 Å². The highest BCUT2D eigenvalue weighted by molar-refractivity contribution is 5.14. The molecular formula is C15H22N4O. The van der Waals surface area contributed by atoms with Crippen LogP contribution in [0.3, 0.4) is 0 Å². The van der Waals surface area contributed by atoms with E-state index in [4.69, 9.17) is 0 Å². The Morgan fingerprint density at radius 1 is 1.30 bits per heavy atom. The Hall–Kier alpha value is -1.88. The van der Waals surface area contributed by atoms with Crippen LogP contribution in [0.1, 0.15) is 24.7 Å². The van der Waals surface area contributed by atoms with Gasteiger partial charge in [-0.15, -0.1) is 0 Å². The first-order chi connectivity index (χ1) is 9.66. The van der Waals surface area contributed by atoms with Gasteiger partial charge in [0.2, 0.25) is 0 Å². The molecule has 2 rings (SSSR count). The topological polar surface area (TPSA) is 62.7 Å². The SMILES string of the molecule is CC(CCc1ccccc1)NCCc1n[nH]c(=O)n1C. The minimum atomic E-state index is -0.155. The summed E-state index contributed by atoms with van der Waals surface area (Å²) in [4.78, 5) is 11.2. The molecule has 0 aliphatic heterocycles. The van der Waals surface area contributed by atoms with Gasteiger partial charge in [0.25, 0.3) is 0 Å². The fourth-order valence-electron chi connectivity index (χ4n) is 2.16. The summed E-state index contributed by atoms with van der Waals surface area (Å²) >= 11 is 0. The van der Waals surface area contributed by atoms with E-state index >= 15 is 0 Å². The van der Waals surface area contributed by atoms with Crippen molar-refractivity contribution >= 4 is 0 Å². The average Bonchev–Trinajstić information content (AvgIpc) is 2.78. The van der Waals surface area contributed by atoms with Gasteiger partial charge in [-0.3, -0.25) is 4.57 Å². The summed E-state index contributed by atoms with van der Waals surface area (Å²) in [6.45, 7) is 3.01. The van der Waals surface area contributed by atoms with Crippen LogP contribution in [0.5, 0.6) is 0 Å². The quantitative estimate of drug-likeness (QED) is 0.799. The van der Waals surface area contributed by atoms with Crippen LogP contribution in [0.2, 0.25) is 0 Å².